The fourth-order valence-electron chi connectivity index (χ4n) is 2.22. The Bertz CT molecular complexity index is 609. The molecule has 0 aliphatic carbocycles. The average molecular weight is 400 g/mol. The van der Waals surface area contributed by atoms with E-state index in [0.29, 0.717) is 41.4 Å². The standard InChI is InChI=1S/C16H22BrN3O4/c1-3-4-18-15(21)9-20(2)10-16(22)19-12-8-14-13(7-11(12)17)23-5-6-24-14/h7-8H,3-6,9-10H2,1-2H3,(H,18,21)(H,19,22). The normalized spacial score (nSPS) is 12.8. The van der Waals surface area contributed by atoms with Gasteiger partial charge in [0.05, 0.1) is 18.8 Å². The van der Waals surface area contributed by atoms with Crippen molar-refractivity contribution in [2.45, 2.75) is 13.3 Å². The van der Waals surface area contributed by atoms with E-state index in [0.717, 1.165) is 6.42 Å². The predicted octanol–water partition coefficient (Wildman–Crippen LogP) is 1.62. The van der Waals surface area contributed by atoms with Crippen molar-refractivity contribution in [2.24, 2.45) is 0 Å². The highest BCUT2D eigenvalue weighted by Gasteiger charge is 2.17. The Morgan fingerprint density at radius 1 is 1.17 bits per heavy atom. The molecule has 0 fully saturated rings. The van der Waals surface area contributed by atoms with Gasteiger partial charge in [0, 0.05) is 23.2 Å². The number of fused-ring (bicyclic) bond motifs is 1. The maximum absolute atomic E-state index is 12.2. The van der Waals surface area contributed by atoms with Gasteiger partial charge in [-0.3, -0.25) is 14.5 Å². The molecule has 0 radical (unpaired) electrons. The zero-order valence-corrected chi connectivity index (χ0v) is 15.4. The first kappa shape index (κ1) is 18.5. The predicted molar refractivity (Wildman–Crippen MR) is 94.6 cm³/mol. The van der Waals surface area contributed by atoms with Crippen LogP contribution in [0.4, 0.5) is 5.69 Å². The molecule has 0 aromatic heterocycles. The number of anilines is 1. The number of carbonyl (C=O) groups is 2. The molecular formula is C16H22BrN3O4. The number of carbonyl (C=O) groups excluding carboxylic acids is 2. The second kappa shape index (κ2) is 8.89. The van der Waals surface area contributed by atoms with Gasteiger partial charge in [-0.25, -0.2) is 0 Å². The summed E-state index contributed by atoms with van der Waals surface area (Å²) in [5, 5.41) is 5.59. The number of nitrogens with zero attached hydrogens (tertiary/aromatic N) is 1. The molecule has 0 unspecified atom stereocenters. The van der Waals surface area contributed by atoms with Crippen LogP contribution in [0.1, 0.15) is 13.3 Å². The van der Waals surface area contributed by atoms with Gasteiger partial charge in [-0.2, -0.15) is 0 Å². The number of hydrogen-bond donors (Lipinski definition) is 2. The van der Waals surface area contributed by atoms with Crippen molar-refractivity contribution in [3.05, 3.63) is 16.6 Å². The summed E-state index contributed by atoms with van der Waals surface area (Å²) < 4.78 is 11.7. The van der Waals surface area contributed by atoms with E-state index in [1.54, 1.807) is 24.1 Å². The third-order valence-electron chi connectivity index (χ3n) is 3.31. The lowest BCUT2D eigenvalue weighted by Gasteiger charge is -2.20. The first-order chi connectivity index (χ1) is 11.5. The van der Waals surface area contributed by atoms with Crippen molar-refractivity contribution in [1.82, 2.24) is 10.2 Å². The molecule has 0 atom stereocenters. The molecule has 0 saturated heterocycles. The topological polar surface area (TPSA) is 79.9 Å². The van der Waals surface area contributed by atoms with Crippen LogP contribution in [0.25, 0.3) is 0 Å². The third kappa shape index (κ3) is 5.38. The highest BCUT2D eigenvalue weighted by Crippen LogP contribution is 2.38. The Labute approximate surface area is 149 Å². The minimum Gasteiger partial charge on any atom is -0.486 e. The van der Waals surface area contributed by atoms with Crippen LogP contribution in [0.2, 0.25) is 0 Å². The monoisotopic (exact) mass is 399 g/mol. The van der Waals surface area contributed by atoms with E-state index in [1.165, 1.54) is 0 Å². The second-order valence-electron chi connectivity index (χ2n) is 5.55. The minimum atomic E-state index is -0.210. The SMILES string of the molecule is CCCNC(=O)CN(C)CC(=O)Nc1cc2c(cc1Br)OCCO2. The summed E-state index contributed by atoms with van der Waals surface area (Å²) in [6.45, 7) is 3.91. The number of likely N-dealkylation sites (N-methyl/N-ethyl adjacent to an activating group) is 1. The fourth-order valence-corrected chi connectivity index (χ4v) is 2.64. The van der Waals surface area contributed by atoms with Crippen molar-refractivity contribution >= 4 is 33.4 Å². The summed E-state index contributed by atoms with van der Waals surface area (Å²) in [5.74, 6) is 0.953. The van der Waals surface area contributed by atoms with Crippen molar-refractivity contribution in [3.8, 4) is 11.5 Å². The van der Waals surface area contributed by atoms with Gasteiger partial charge in [-0.05, 0) is 29.4 Å². The van der Waals surface area contributed by atoms with E-state index in [1.807, 2.05) is 6.92 Å². The molecule has 0 spiro atoms. The zero-order valence-electron chi connectivity index (χ0n) is 13.9. The molecule has 1 aromatic carbocycles. The smallest absolute Gasteiger partial charge is 0.238 e. The van der Waals surface area contributed by atoms with Crippen LogP contribution in [0.5, 0.6) is 11.5 Å². The lowest BCUT2D eigenvalue weighted by atomic mass is 10.2. The van der Waals surface area contributed by atoms with E-state index < -0.39 is 0 Å². The summed E-state index contributed by atoms with van der Waals surface area (Å²) in [6.07, 6.45) is 0.883. The number of rotatable bonds is 7. The van der Waals surface area contributed by atoms with Gasteiger partial charge >= 0.3 is 0 Å². The van der Waals surface area contributed by atoms with Crippen LogP contribution in [-0.2, 0) is 9.59 Å². The molecule has 24 heavy (non-hydrogen) atoms. The summed E-state index contributed by atoms with van der Waals surface area (Å²) >= 11 is 3.41. The fraction of sp³-hybridized carbons (Fsp3) is 0.500. The quantitative estimate of drug-likeness (QED) is 0.727. The summed E-state index contributed by atoms with van der Waals surface area (Å²) in [7, 11) is 1.73. The number of hydrogen-bond acceptors (Lipinski definition) is 5. The minimum absolute atomic E-state index is 0.0901. The molecule has 2 rings (SSSR count). The Morgan fingerprint density at radius 2 is 1.79 bits per heavy atom. The van der Waals surface area contributed by atoms with Crippen LogP contribution in [0.3, 0.4) is 0 Å². The molecule has 1 aromatic rings. The lowest BCUT2D eigenvalue weighted by molar-refractivity contribution is -0.122. The van der Waals surface area contributed by atoms with Gasteiger partial charge in [0.15, 0.2) is 11.5 Å². The summed E-state index contributed by atoms with van der Waals surface area (Å²) in [5.41, 5.74) is 0.605. The Balaban J connectivity index is 1.89. The maximum Gasteiger partial charge on any atom is 0.238 e. The molecule has 2 N–H and O–H groups in total. The van der Waals surface area contributed by atoms with Crippen LogP contribution in [0.15, 0.2) is 16.6 Å². The number of halogens is 1. The number of amides is 2. The molecular weight excluding hydrogens is 378 g/mol. The second-order valence-corrected chi connectivity index (χ2v) is 6.40. The van der Waals surface area contributed by atoms with E-state index in [4.69, 9.17) is 9.47 Å². The maximum atomic E-state index is 12.2. The van der Waals surface area contributed by atoms with Crippen LogP contribution in [-0.4, -0.2) is 56.6 Å². The van der Waals surface area contributed by atoms with Gasteiger partial charge in [0.1, 0.15) is 13.2 Å². The molecule has 1 heterocycles. The van der Waals surface area contributed by atoms with Crippen LogP contribution >= 0.6 is 15.9 Å². The third-order valence-corrected chi connectivity index (χ3v) is 3.96. The van der Waals surface area contributed by atoms with Gasteiger partial charge in [0.25, 0.3) is 0 Å². The van der Waals surface area contributed by atoms with Crippen molar-refractivity contribution < 1.29 is 19.1 Å². The summed E-state index contributed by atoms with van der Waals surface area (Å²) in [4.78, 5) is 25.5. The van der Waals surface area contributed by atoms with Gasteiger partial charge in [-0.15, -0.1) is 0 Å². The van der Waals surface area contributed by atoms with Crippen molar-refractivity contribution in [3.63, 3.8) is 0 Å². The van der Waals surface area contributed by atoms with E-state index in [2.05, 4.69) is 26.6 Å². The largest absolute Gasteiger partial charge is 0.486 e. The van der Waals surface area contributed by atoms with E-state index >= 15 is 0 Å². The highest BCUT2D eigenvalue weighted by molar-refractivity contribution is 9.10. The van der Waals surface area contributed by atoms with Gasteiger partial charge in [-0.1, -0.05) is 6.92 Å². The zero-order chi connectivity index (χ0) is 17.5. The summed E-state index contributed by atoms with van der Waals surface area (Å²) in [6, 6.07) is 3.50. The van der Waals surface area contributed by atoms with Crippen molar-refractivity contribution in [1.29, 1.82) is 0 Å². The highest BCUT2D eigenvalue weighted by atomic mass is 79.9. The molecule has 1 aliphatic heterocycles. The lowest BCUT2D eigenvalue weighted by Crippen LogP contribution is -2.39. The first-order valence-corrected chi connectivity index (χ1v) is 8.63. The van der Waals surface area contributed by atoms with Gasteiger partial charge < -0.3 is 20.1 Å². The number of benzene rings is 1. The molecule has 7 nitrogen and oxygen atoms in total. The molecule has 1 aliphatic rings. The van der Waals surface area contributed by atoms with Crippen LogP contribution in [0, 0.1) is 0 Å². The molecule has 132 valence electrons. The molecule has 0 saturated carbocycles. The van der Waals surface area contributed by atoms with Crippen molar-refractivity contribution in [2.75, 3.05) is 45.2 Å². The molecule has 2 amide bonds. The average Bonchev–Trinajstić information content (AvgIpc) is 2.53. The Hall–Kier alpha value is -1.80. The van der Waals surface area contributed by atoms with E-state index in [-0.39, 0.29) is 24.9 Å². The molecule has 0 bridgehead atoms. The first-order valence-electron chi connectivity index (χ1n) is 7.83. The van der Waals surface area contributed by atoms with E-state index in [9.17, 15) is 9.59 Å². The van der Waals surface area contributed by atoms with Gasteiger partial charge in [0.2, 0.25) is 11.8 Å². The Kier molecular flexibility index (Phi) is 6.86. The molecule has 8 heteroatoms. The Morgan fingerprint density at radius 3 is 2.46 bits per heavy atom. The van der Waals surface area contributed by atoms with Crippen LogP contribution < -0.4 is 20.1 Å². The number of nitrogens with one attached hydrogen (secondary N) is 2. The number of ether oxygens (including phenoxy) is 2.